The Morgan fingerprint density at radius 1 is 0.960 bits per heavy atom. The number of aromatic hydroxyl groups is 1. The van der Waals surface area contributed by atoms with Gasteiger partial charge < -0.3 is 24.4 Å². The maximum absolute atomic E-state index is 10.5. The highest BCUT2D eigenvalue weighted by atomic mass is 16.5. The first-order valence-electron chi connectivity index (χ1n) is 8.02. The second kappa shape index (κ2) is 8.44. The zero-order chi connectivity index (χ0) is 18.4. The number of rotatable bonds is 7. The van der Waals surface area contributed by atoms with Gasteiger partial charge in [0.05, 0.1) is 14.2 Å². The Hall–Kier alpha value is -2.66. The number of aliphatic hydroxyl groups excluding tert-OH is 1. The van der Waals surface area contributed by atoms with Gasteiger partial charge in [-0.3, -0.25) is 0 Å². The third-order valence-electron chi connectivity index (χ3n) is 3.85. The summed E-state index contributed by atoms with van der Waals surface area (Å²) < 4.78 is 16.3. The minimum Gasteiger partial charge on any atom is -0.504 e. The predicted octanol–water partition coefficient (Wildman–Crippen LogP) is 3.94. The van der Waals surface area contributed by atoms with Crippen molar-refractivity contribution in [2.75, 3.05) is 14.2 Å². The summed E-state index contributed by atoms with van der Waals surface area (Å²) in [6.45, 7) is 3.71. The third-order valence-corrected chi connectivity index (χ3v) is 3.85. The minimum atomic E-state index is -0.894. The van der Waals surface area contributed by atoms with E-state index in [-0.39, 0.29) is 5.75 Å². The van der Waals surface area contributed by atoms with Crippen LogP contribution in [-0.4, -0.2) is 30.5 Å². The van der Waals surface area contributed by atoms with E-state index in [0.717, 1.165) is 5.56 Å². The van der Waals surface area contributed by atoms with Gasteiger partial charge in [0, 0.05) is 0 Å². The van der Waals surface area contributed by atoms with Crippen LogP contribution < -0.4 is 14.2 Å². The summed E-state index contributed by atoms with van der Waals surface area (Å²) in [4.78, 5) is 0. The fourth-order valence-corrected chi connectivity index (χ4v) is 2.49. The summed E-state index contributed by atoms with van der Waals surface area (Å²) in [5.41, 5.74) is 1.59. The normalized spacial score (nSPS) is 13.5. The van der Waals surface area contributed by atoms with E-state index >= 15 is 0 Å². The number of methoxy groups -OCH3 is 2. The van der Waals surface area contributed by atoms with Crippen molar-refractivity contribution >= 4 is 6.08 Å². The van der Waals surface area contributed by atoms with Crippen LogP contribution in [0.4, 0.5) is 0 Å². The zero-order valence-electron chi connectivity index (χ0n) is 14.9. The van der Waals surface area contributed by atoms with Crippen molar-refractivity contribution in [3.05, 3.63) is 53.6 Å². The minimum absolute atomic E-state index is 0.0215. The molecule has 0 saturated heterocycles. The number of benzene rings is 2. The number of phenols is 1. The molecule has 5 nitrogen and oxygen atoms in total. The van der Waals surface area contributed by atoms with E-state index in [9.17, 15) is 10.2 Å². The van der Waals surface area contributed by atoms with Gasteiger partial charge in [-0.05, 0) is 49.2 Å². The number of hydrogen-bond donors (Lipinski definition) is 2. The van der Waals surface area contributed by atoms with Gasteiger partial charge in [0.15, 0.2) is 23.0 Å². The molecule has 2 aromatic rings. The molecule has 0 aliphatic heterocycles. The Kier molecular flexibility index (Phi) is 6.31. The first-order valence-corrected chi connectivity index (χ1v) is 8.02. The summed E-state index contributed by atoms with van der Waals surface area (Å²) in [5.74, 6) is 1.47. The molecule has 0 bridgehead atoms. The molecular weight excluding hydrogens is 320 g/mol. The Morgan fingerprint density at radius 2 is 1.68 bits per heavy atom. The molecule has 0 radical (unpaired) electrons. The van der Waals surface area contributed by atoms with Crippen LogP contribution >= 0.6 is 0 Å². The fourth-order valence-electron chi connectivity index (χ4n) is 2.49. The van der Waals surface area contributed by atoms with Crippen LogP contribution in [0.25, 0.3) is 6.08 Å². The zero-order valence-corrected chi connectivity index (χ0v) is 14.9. The van der Waals surface area contributed by atoms with Gasteiger partial charge >= 0.3 is 0 Å². The fraction of sp³-hybridized carbons (Fsp3) is 0.300. The molecule has 0 heterocycles. The number of allylic oxidation sites excluding steroid dienone is 1. The van der Waals surface area contributed by atoms with Gasteiger partial charge in [0.2, 0.25) is 0 Å². The van der Waals surface area contributed by atoms with Gasteiger partial charge in [-0.25, -0.2) is 0 Å². The van der Waals surface area contributed by atoms with Gasteiger partial charge in [0.25, 0.3) is 0 Å². The standard InChI is InChI=1S/C20H24O5/c1-5-6-14-7-10-17(19(11-14)24-4)25-13(2)20(22)15-8-9-16(21)18(12-15)23-3/h5-13,20-22H,1-4H3/b6-5+/t13-,20+/m0/s1. The van der Waals surface area contributed by atoms with Crippen molar-refractivity contribution in [2.24, 2.45) is 0 Å². The molecule has 25 heavy (non-hydrogen) atoms. The van der Waals surface area contributed by atoms with Crippen molar-refractivity contribution in [2.45, 2.75) is 26.1 Å². The maximum atomic E-state index is 10.5. The second-order valence-corrected chi connectivity index (χ2v) is 5.61. The monoisotopic (exact) mass is 344 g/mol. The van der Waals surface area contributed by atoms with Crippen molar-refractivity contribution in [1.82, 2.24) is 0 Å². The molecule has 2 rings (SSSR count). The van der Waals surface area contributed by atoms with Crippen LogP contribution in [0.15, 0.2) is 42.5 Å². The molecule has 0 amide bonds. The topological polar surface area (TPSA) is 68.2 Å². The van der Waals surface area contributed by atoms with E-state index in [1.165, 1.54) is 13.2 Å². The van der Waals surface area contributed by atoms with E-state index in [2.05, 4.69) is 0 Å². The molecule has 0 saturated carbocycles. The quantitative estimate of drug-likeness (QED) is 0.796. The van der Waals surface area contributed by atoms with E-state index in [1.807, 2.05) is 37.3 Å². The highest BCUT2D eigenvalue weighted by Gasteiger charge is 2.21. The van der Waals surface area contributed by atoms with Gasteiger partial charge in [0.1, 0.15) is 12.2 Å². The molecule has 5 heteroatoms. The smallest absolute Gasteiger partial charge is 0.161 e. The summed E-state index contributed by atoms with van der Waals surface area (Å²) >= 11 is 0. The Labute approximate surface area is 148 Å². The lowest BCUT2D eigenvalue weighted by molar-refractivity contribution is 0.0450. The first kappa shape index (κ1) is 18.7. The summed E-state index contributed by atoms with van der Waals surface area (Å²) in [5, 5.41) is 20.2. The summed E-state index contributed by atoms with van der Waals surface area (Å²) in [6.07, 6.45) is 2.48. The van der Waals surface area contributed by atoms with Crippen LogP contribution in [0.5, 0.6) is 23.0 Å². The maximum Gasteiger partial charge on any atom is 0.161 e. The van der Waals surface area contributed by atoms with E-state index in [1.54, 1.807) is 26.2 Å². The number of ether oxygens (including phenoxy) is 3. The number of aliphatic hydroxyl groups is 1. The highest BCUT2D eigenvalue weighted by molar-refractivity contribution is 5.55. The Bertz CT molecular complexity index is 739. The lowest BCUT2D eigenvalue weighted by Gasteiger charge is -2.22. The lowest BCUT2D eigenvalue weighted by atomic mass is 10.0. The van der Waals surface area contributed by atoms with Gasteiger partial charge in [-0.15, -0.1) is 0 Å². The average Bonchev–Trinajstić information content (AvgIpc) is 2.62. The number of phenolic OH excluding ortho intramolecular Hbond substituents is 1. The molecule has 0 aliphatic rings. The molecule has 0 aromatic heterocycles. The van der Waals surface area contributed by atoms with E-state index in [4.69, 9.17) is 14.2 Å². The van der Waals surface area contributed by atoms with Crippen molar-refractivity contribution in [3.63, 3.8) is 0 Å². The molecule has 134 valence electrons. The van der Waals surface area contributed by atoms with Crippen LogP contribution in [-0.2, 0) is 0 Å². The molecule has 2 N–H and O–H groups in total. The molecule has 0 fully saturated rings. The Morgan fingerprint density at radius 3 is 2.32 bits per heavy atom. The molecule has 0 aliphatic carbocycles. The summed E-state index contributed by atoms with van der Waals surface area (Å²) in [6, 6.07) is 10.3. The number of hydrogen-bond acceptors (Lipinski definition) is 5. The van der Waals surface area contributed by atoms with Crippen LogP contribution in [0, 0.1) is 0 Å². The lowest BCUT2D eigenvalue weighted by Crippen LogP contribution is -2.22. The van der Waals surface area contributed by atoms with Crippen molar-refractivity contribution < 1.29 is 24.4 Å². The van der Waals surface area contributed by atoms with Gasteiger partial charge in [-0.2, -0.15) is 0 Å². The van der Waals surface area contributed by atoms with Crippen LogP contribution in [0.3, 0.4) is 0 Å². The summed E-state index contributed by atoms with van der Waals surface area (Å²) in [7, 11) is 3.04. The molecule has 2 atom stereocenters. The Balaban J connectivity index is 2.19. The van der Waals surface area contributed by atoms with E-state index < -0.39 is 12.2 Å². The van der Waals surface area contributed by atoms with Crippen molar-refractivity contribution in [3.8, 4) is 23.0 Å². The van der Waals surface area contributed by atoms with Crippen molar-refractivity contribution in [1.29, 1.82) is 0 Å². The third kappa shape index (κ3) is 4.45. The molecule has 0 spiro atoms. The van der Waals surface area contributed by atoms with Gasteiger partial charge in [-0.1, -0.05) is 24.3 Å². The molecule has 0 unspecified atom stereocenters. The second-order valence-electron chi connectivity index (χ2n) is 5.61. The first-order chi connectivity index (χ1) is 12.0. The van der Waals surface area contributed by atoms with Crippen LogP contribution in [0.2, 0.25) is 0 Å². The SMILES string of the molecule is C/C=C/c1ccc(O[C@@H](C)[C@@H](O)c2ccc(O)c(OC)c2)c(OC)c1. The molecular formula is C20H24O5. The predicted molar refractivity (Wildman–Crippen MR) is 97.4 cm³/mol. The molecule has 2 aromatic carbocycles. The van der Waals surface area contributed by atoms with E-state index in [0.29, 0.717) is 22.8 Å². The highest BCUT2D eigenvalue weighted by Crippen LogP contribution is 2.34. The largest absolute Gasteiger partial charge is 0.504 e. The average molecular weight is 344 g/mol. The van der Waals surface area contributed by atoms with Crippen LogP contribution in [0.1, 0.15) is 31.1 Å².